The van der Waals surface area contributed by atoms with Gasteiger partial charge in [-0.15, -0.1) is 0 Å². The van der Waals surface area contributed by atoms with Gasteiger partial charge in [0.2, 0.25) is 0 Å². The first-order chi connectivity index (χ1) is 10.5. The molecule has 0 heterocycles. The SMILES string of the molecule is C[C@H](COC(=O)C1CCCC1)[C@H]1CC[C@H]2[C@@H](O)CCC[C@]12C. The third-order valence-corrected chi connectivity index (χ3v) is 7.03. The van der Waals surface area contributed by atoms with Crippen LogP contribution >= 0.6 is 0 Å². The van der Waals surface area contributed by atoms with Gasteiger partial charge in [-0.25, -0.2) is 0 Å². The minimum atomic E-state index is -0.114. The predicted molar refractivity (Wildman–Crippen MR) is 86.3 cm³/mol. The van der Waals surface area contributed by atoms with E-state index in [1.54, 1.807) is 0 Å². The van der Waals surface area contributed by atoms with E-state index < -0.39 is 0 Å². The third-order valence-electron chi connectivity index (χ3n) is 7.03. The standard InChI is InChI=1S/C19H32O3/c1-13(12-22-18(21)14-6-3-4-7-14)15-9-10-16-17(20)8-5-11-19(15,16)2/h13-17,20H,3-12H2,1-2H3/t13-,15-,16+,17+,19-/m1/s1. The fourth-order valence-electron chi connectivity index (χ4n) is 5.73. The van der Waals surface area contributed by atoms with E-state index in [4.69, 9.17) is 4.74 Å². The lowest BCUT2D eigenvalue weighted by Crippen LogP contribution is -2.42. The molecule has 0 radical (unpaired) electrons. The van der Waals surface area contributed by atoms with E-state index in [1.807, 2.05) is 0 Å². The Bertz CT molecular complexity index is 401. The molecule has 5 atom stereocenters. The van der Waals surface area contributed by atoms with Crippen LogP contribution in [-0.2, 0) is 9.53 Å². The first kappa shape index (κ1) is 16.3. The number of fused-ring (bicyclic) bond motifs is 1. The van der Waals surface area contributed by atoms with Gasteiger partial charge in [0, 0.05) is 0 Å². The second-order valence-electron chi connectivity index (χ2n) is 8.34. The van der Waals surface area contributed by atoms with Gasteiger partial charge in [0.25, 0.3) is 0 Å². The molecule has 3 aliphatic rings. The van der Waals surface area contributed by atoms with Gasteiger partial charge in [-0.2, -0.15) is 0 Å². The number of carbonyl (C=O) groups is 1. The molecule has 3 heteroatoms. The highest BCUT2D eigenvalue weighted by Crippen LogP contribution is 2.57. The van der Waals surface area contributed by atoms with Crippen LogP contribution in [0, 0.1) is 29.1 Å². The summed E-state index contributed by atoms with van der Waals surface area (Å²) >= 11 is 0. The molecule has 3 saturated carbocycles. The van der Waals surface area contributed by atoms with Crippen molar-refractivity contribution in [1.82, 2.24) is 0 Å². The normalized spacial score (nSPS) is 40.4. The molecule has 22 heavy (non-hydrogen) atoms. The van der Waals surface area contributed by atoms with Gasteiger partial charge in [-0.3, -0.25) is 4.79 Å². The van der Waals surface area contributed by atoms with E-state index in [2.05, 4.69) is 13.8 Å². The maximum absolute atomic E-state index is 12.1. The summed E-state index contributed by atoms with van der Waals surface area (Å²) in [4.78, 5) is 12.1. The zero-order chi connectivity index (χ0) is 15.7. The molecule has 126 valence electrons. The van der Waals surface area contributed by atoms with Crippen molar-refractivity contribution in [2.45, 2.75) is 77.7 Å². The number of hydrogen-bond donors (Lipinski definition) is 1. The summed E-state index contributed by atoms with van der Waals surface area (Å²) in [6.45, 7) is 5.17. The number of aliphatic hydroxyl groups excluding tert-OH is 1. The fraction of sp³-hybridized carbons (Fsp3) is 0.947. The third kappa shape index (κ3) is 2.93. The van der Waals surface area contributed by atoms with E-state index in [0.29, 0.717) is 24.4 Å². The molecule has 0 amide bonds. The highest BCUT2D eigenvalue weighted by atomic mass is 16.5. The quantitative estimate of drug-likeness (QED) is 0.800. The van der Waals surface area contributed by atoms with Crippen molar-refractivity contribution in [2.75, 3.05) is 6.61 Å². The first-order valence-corrected chi connectivity index (χ1v) is 9.37. The van der Waals surface area contributed by atoms with Crippen LogP contribution < -0.4 is 0 Å². The van der Waals surface area contributed by atoms with Crippen molar-refractivity contribution in [3.8, 4) is 0 Å². The lowest BCUT2D eigenvalue weighted by Gasteiger charge is -2.45. The highest BCUT2D eigenvalue weighted by molar-refractivity contribution is 5.72. The van der Waals surface area contributed by atoms with Crippen molar-refractivity contribution in [3.63, 3.8) is 0 Å². The Kier molecular flexibility index (Phi) is 4.82. The number of carbonyl (C=O) groups excluding carboxylic acids is 1. The number of rotatable bonds is 4. The van der Waals surface area contributed by atoms with Crippen LogP contribution in [0.4, 0.5) is 0 Å². The smallest absolute Gasteiger partial charge is 0.308 e. The zero-order valence-corrected chi connectivity index (χ0v) is 14.2. The van der Waals surface area contributed by atoms with Crippen molar-refractivity contribution < 1.29 is 14.6 Å². The Hall–Kier alpha value is -0.570. The van der Waals surface area contributed by atoms with Crippen molar-refractivity contribution in [3.05, 3.63) is 0 Å². The summed E-state index contributed by atoms with van der Waals surface area (Å²) in [5.74, 6) is 1.65. The van der Waals surface area contributed by atoms with Gasteiger partial charge < -0.3 is 9.84 Å². The minimum Gasteiger partial charge on any atom is -0.465 e. The molecule has 0 aromatic rings. The van der Waals surface area contributed by atoms with E-state index >= 15 is 0 Å². The van der Waals surface area contributed by atoms with E-state index in [1.165, 1.54) is 25.7 Å². The summed E-state index contributed by atoms with van der Waals surface area (Å²) in [5.41, 5.74) is 0.247. The predicted octanol–water partition coefficient (Wildman–Crippen LogP) is 3.93. The monoisotopic (exact) mass is 308 g/mol. The topological polar surface area (TPSA) is 46.5 Å². The van der Waals surface area contributed by atoms with Gasteiger partial charge in [-0.05, 0) is 61.7 Å². The molecular weight excluding hydrogens is 276 g/mol. The average Bonchev–Trinajstić information content (AvgIpc) is 3.12. The fourth-order valence-corrected chi connectivity index (χ4v) is 5.73. The lowest BCUT2D eigenvalue weighted by atomic mass is 9.62. The summed E-state index contributed by atoms with van der Waals surface area (Å²) < 4.78 is 5.65. The van der Waals surface area contributed by atoms with Gasteiger partial charge >= 0.3 is 5.97 Å². The van der Waals surface area contributed by atoms with Crippen molar-refractivity contribution >= 4 is 5.97 Å². The lowest BCUT2D eigenvalue weighted by molar-refractivity contribution is -0.151. The van der Waals surface area contributed by atoms with Gasteiger partial charge in [0.1, 0.15) is 0 Å². The van der Waals surface area contributed by atoms with Crippen molar-refractivity contribution in [1.29, 1.82) is 0 Å². The van der Waals surface area contributed by atoms with E-state index in [-0.39, 0.29) is 23.4 Å². The molecule has 0 saturated heterocycles. The highest BCUT2D eigenvalue weighted by Gasteiger charge is 2.52. The van der Waals surface area contributed by atoms with Crippen LogP contribution in [0.25, 0.3) is 0 Å². The van der Waals surface area contributed by atoms with Crippen LogP contribution in [0.3, 0.4) is 0 Å². The summed E-state index contributed by atoms with van der Waals surface area (Å²) in [7, 11) is 0. The minimum absolute atomic E-state index is 0.0349. The number of aliphatic hydroxyl groups is 1. The Morgan fingerprint density at radius 1 is 1.18 bits per heavy atom. The molecule has 3 rings (SSSR count). The van der Waals surface area contributed by atoms with Crippen LogP contribution in [-0.4, -0.2) is 23.8 Å². The number of hydrogen-bond acceptors (Lipinski definition) is 3. The van der Waals surface area contributed by atoms with Crippen LogP contribution in [0.1, 0.15) is 71.6 Å². The Morgan fingerprint density at radius 2 is 1.91 bits per heavy atom. The summed E-state index contributed by atoms with van der Waals surface area (Å²) in [5, 5.41) is 10.3. The largest absolute Gasteiger partial charge is 0.465 e. The van der Waals surface area contributed by atoms with Crippen LogP contribution in [0.15, 0.2) is 0 Å². The molecule has 3 nitrogen and oxygen atoms in total. The molecule has 0 aromatic carbocycles. The van der Waals surface area contributed by atoms with Gasteiger partial charge in [0.15, 0.2) is 0 Å². The second kappa shape index (κ2) is 6.51. The van der Waals surface area contributed by atoms with Crippen molar-refractivity contribution in [2.24, 2.45) is 29.1 Å². The molecule has 0 bridgehead atoms. The Labute approximate surface area is 134 Å². The molecule has 1 N–H and O–H groups in total. The Balaban J connectivity index is 1.55. The number of ether oxygens (including phenoxy) is 1. The first-order valence-electron chi connectivity index (χ1n) is 9.37. The molecule has 0 aliphatic heterocycles. The average molecular weight is 308 g/mol. The van der Waals surface area contributed by atoms with Crippen LogP contribution in [0.5, 0.6) is 0 Å². The molecule has 3 fully saturated rings. The molecule has 3 aliphatic carbocycles. The molecule has 0 aromatic heterocycles. The summed E-state index contributed by atoms with van der Waals surface area (Å²) in [6, 6.07) is 0. The molecule has 0 spiro atoms. The second-order valence-corrected chi connectivity index (χ2v) is 8.34. The van der Waals surface area contributed by atoms with Gasteiger partial charge in [-0.1, -0.05) is 33.1 Å². The maximum atomic E-state index is 12.1. The van der Waals surface area contributed by atoms with E-state index in [0.717, 1.165) is 32.1 Å². The van der Waals surface area contributed by atoms with Gasteiger partial charge in [0.05, 0.1) is 18.6 Å². The van der Waals surface area contributed by atoms with Crippen LogP contribution in [0.2, 0.25) is 0 Å². The van der Waals surface area contributed by atoms with E-state index in [9.17, 15) is 9.90 Å². The molecular formula is C19H32O3. The maximum Gasteiger partial charge on any atom is 0.308 e. The number of esters is 1. The zero-order valence-electron chi connectivity index (χ0n) is 14.2. The summed E-state index contributed by atoms with van der Waals surface area (Å²) in [6.07, 6.45) is 9.93. The Morgan fingerprint density at radius 3 is 2.64 bits per heavy atom. The molecule has 0 unspecified atom stereocenters.